The van der Waals surface area contributed by atoms with E-state index >= 15 is 0 Å². The summed E-state index contributed by atoms with van der Waals surface area (Å²) in [6, 6.07) is 9.61. The fraction of sp³-hybridized carbons (Fsp3) is 0.421. The molecule has 5 nitrogen and oxygen atoms in total. The smallest absolute Gasteiger partial charge is 0.407 e. The Hall–Kier alpha value is -2.11. The standard InChI is InChI=1S/C19H27NO4/c1-5-17(23-4)18(21)15(3)11-14(2)13-24-19(22)20-12-16-9-7-6-8-10-16/h5-11,15,17-18,21H,1,12-13H2,2-4H3,(H,20,22)/b14-11-/t15-,17?,18+/m1/s1. The fourth-order valence-corrected chi connectivity index (χ4v) is 2.27. The number of ether oxygens (including phenoxy) is 2. The molecule has 2 N–H and O–H groups in total. The first kappa shape index (κ1) is 19.9. The van der Waals surface area contributed by atoms with Crippen LogP contribution in [0.5, 0.6) is 0 Å². The Balaban J connectivity index is 2.39. The molecule has 132 valence electrons. The van der Waals surface area contributed by atoms with Crippen LogP contribution in [0.25, 0.3) is 0 Å². The van der Waals surface area contributed by atoms with E-state index in [4.69, 9.17) is 9.47 Å². The van der Waals surface area contributed by atoms with Crippen LogP contribution in [0.15, 0.2) is 54.6 Å². The summed E-state index contributed by atoms with van der Waals surface area (Å²) >= 11 is 0. The summed E-state index contributed by atoms with van der Waals surface area (Å²) in [6.45, 7) is 7.95. The Bertz CT molecular complexity index is 542. The fourth-order valence-electron chi connectivity index (χ4n) is 2.27. The summed E-state index contributed by atoms with van der Waals surface area (Å²) in [7, 11) is 1.53. The zero-order valence-corrected chi connectivity index (χ0v) is 14.6. The first-order chi connectivity index (χ1) is 11.5. The van der Waals surface area contributed by atoms with Crippen LogP contribution in [0.3, 0.4) is 0 Å². The van der Waals surface area contributed by atoms with Gasteiger partial charge in [-0.3, -0.25) is 0 Å². The molecule has 1 amide bonds. The van der Waals surface area contributed by atoms with Crippen molar-refractivity contribution < 1.29 is 19.4 Å². The van der Waals surface area contributed by atoms with Crippen LogP contribution < -0.4 is 5.32 Å². The van der Waals surface area contributed by atoms with Crippen molar-refractivity contribution in [2.24, 2.45) is 5.92 Å². The molecule has 0 aliphatic carbocycles. The molecule has 1 rings (SSSR count). The van der Waals surface area contributed by atoms with Crippen molar-refractivity contribution in [3.8, 4) is 0 Å². The molecular weight excluding hydrogens is 306 g/mol. The van der Waals surface area contributed by atoms with E-state index in [2.05, 4.69) is 11.9 Å². The van der Waals surface area contributed by atoms with Gasteiger partial charge in [0, 0.05) is 19.6 Å². The number of benzene rings is 1. The molecule has 1 aromatic carbocycles. The van der Waals surface area contributed by atoms with Crippen molar-refractivity contribution in [3.05, 3.63) is 60.2 Å². The number of hydrogen-bond donors (Lipinski definition) is 2. The minimum Gasteiger partial charge on any atom is -0.445 e. The third kappa shape index (κ3) is 6.98. The van der Waals surface area contributed by atoms with Crippen molar-refractivity contribution in [1.29, 1.82) is 0 Å². The molecule has 0 saturated carbocycles. The second-order valence-electron chi connectivity index (χ2n) is 5.71. The maximum atomic E-state index is 11.7. The minimum atomic E-state index is -0.700. The maximum Gasteiger partial charge on any atom is 0.407 e. The van der Waals surface area contributed by atoms with Crippen molar-refractivity contribution in [2.45, 2.75) is 32.6 Å². The van der Waals surface area contributed by atoms with Gasteiger partial charge in [0.1, 0.15) is 12.7 Å². The average molecular weight is 333 g/mol. The van der Waals surface area contributed by atoms with Crippen molar-refractivity contribution in [2.75, 3.05) is 13.7 Å². The molecular formula is C19H27NO4. The highest BCUT2D eigenvalue weighted by Crippen LogP contribution is 2.14. The molecule has 0 spiro atoms. The number of carbonyl (C=O) groups is 1. The zero-order valence-electron chi connectivity index (χ0n) is 14.6. The predicted molar refractivity (Wildman–Crippen MR) is 94.6 cm³/mol. The first-order valence-corrected chi connectivity index (χ1v) is 7.93. The number of nitrogens with one attached hydrogen (secondary N) is 1. The van der Waals surface area contributed by atoms with Crippen LogP contribution in [0.2, 0.25) is 0 Å². The van der Waals surface area contributed by atoms with Gasteiger partial charge in [-0.05, 0) is 18.1 Å². The summed E-state index contributed by atoms with van der Waals surface area (Å²) in [5.41, 5.74) is 1.86. The highest BCUT2D eigenvalue weighted by Gasteiger charge is 2.20. The van der Waals surface area contributed by atoms with Crippen molar-refractivity contribution >= 4 is 6.09 Å². The predicted octanol–water partition coefficient (Wildman–Crippen LogP) is 3.06. The van der Waals surface area contributed by atoms with Crippen LogP contribution in [0.1, 0.15) is 19.4 Å². The third-order valence-corrected chi connectivity index (χ3v) is 3.64. The van der Waals surface area contributed by atoms with E-state index in [0.29, 0.717) is 6.54 Å². The molecule has 0 radical (unpaired) electrons. The average Bonchev–Trinajstić information content (AvgIpc) is 2.60. The van der Waals surface area contributed by atoms with Gasteiger partial charge in [-0.25, -0.2) is 4.79 Å². The van der Waals surface area contributed by atoms with Crippen LogP contribution >= 0.6 is 0 Å². The second kappa shape index (κ2) is 10.6. The molecule has 0 heterocycles. The highest BCUT2D eigenvalue weighted by molar-refractivity contribution is 5.67. The molecule has 0 fully saturated rings. The Kier molecular flexibility index (Phi) is 8.83. The number of aliphatic hydroxyl groups excluding tert-OH is 1. The summed E-state index contributed by atoms with van der Waals surface area (Å²) in [5.74, 6) is -0.149. The molecule has 5 heteroatoms. The molecule has 0 bridgehead atoms. The van der Waals surface area contributed by atoms with E-state index in [9.17, 15) is 9.90 Å². The second-order valence-corrected chi connectivity index (χ2v) is 5.71. The van der Waals surface area contributed by atoms with Crippen molar-refractivity contribution in [3.63, 3.8) is 0 Å². The summed E-state index contributed by atoms with van der Waals surface area (Å²) in [6.07, 6.45) is 1.83. The van der Waals surface area contributed by atoms with Crippen LogP contribution in [-0.2, 0) is 16.0 Å². The molecule has 3 atom stereocenters. The monoisotopic (exact) mass is 333 g/mol. The van der Waals surface area contributed by atoms with Crippen LogP contribution in [0.4, 0.5) is 4.79 Å². The Morgan fingerprint density at radius 1 is 1.38 bits per heavy atom. The lowest BCUT2D eigenvalue weighted by Crippen LogP contribution is -2.31. The molecule has 0 aliphatic rings. The largest absolute Gasteiger partial charge is 0.445 e. The van der Waals surface area contributed by atoms with Gasteiger partial charge in [0.05, 0.1) is 6.10 Å². The number of rotatable bonds is 9. The van der Waals surface area contributed by atoms with Gasteiger partial charge >= 0.3 is 6.09 Å². The van der Waals surface area contributed by atoms with E-state index in [0.717, 1.165) is 11.1 Å². The number of amides is 1. The first-order valence-electron chi connectivity index (χ1n) is 7.93. The molecule has 1 aromatic rings. The molecule has 24 heavy (non-hydrogen) atoms. The van der Waals surface area contributed by atoms with Crippen LogP contribution in [0, 0.1) is 5.92 Å². The van der Waals surface area contributed by atoms with Gasteiger partial charge in [0.15, 0.2) is 0 Å². The Labute approximate surface area is 144 Å². The normalized spacial score (nSPS) is 15.2. The van der Waals surface area contributed by atoms with E-state index in [1.165, 1.54) is 7.11 Å². The molecule has 1 unspecified atom stereocenters. The quantitative estimate of drug-likeness (QED) is 0.682. The Morgan fingerprint density at radius 3 is 2.62 bits per heavy atom. The SMILES string of the molecule is C=CC(OC)[C@@H](O)[C@H](C)/C=C(/C)COC(=O)NCc1ccccc1. The van der Waals surface area contributed by atoms with E-state index in [-0.39, 0.29) is 12.5 Å². The molecule has 0 aliphatic heterocycles. The summed E-state index contributed by atoms with van der Waals surface area (Å²) in [5, 5.41) is 12.8. The summed E-state index contributed by atoms with van der Waals surface area (Å²) < 4.78 is 10.3. The third-order valence-electron chi connectivity index (χ3n) is 3.64. The molecule has 0 saturated heterocycles. The van der Waals surface area contributed by atoms with Gasteiger partial charge in [-0.2, -0.15) is 0 Å². The van der Waals surface area contributed by atoms with E-state index < -0.39 is 18.3 Å². The van der Waals surface area contributed by atoms with E-state index in [1.807, 2.05) is 50.3 Å². The van der Waals surface area contributed by atoms with Crippen molar-refractivity contribution in [1.82, 2.24) is 5.32 Å². The summed E-state index contributed by atoms with van der Waals surface area (Å²) in [4.78, 5) is 11.7. The lowest BCUT2D eigenvalue weighted by molar-refractivity contribution is -0.00162. The highest BCUT2D eigenvalue weighted by atomic mass is 16.5. The van der Waals surface area contributed by atoms with Gasteiger partial charge in [-0.15, -0.1) is 6.58 Å². The van der Waals surface area contributed by atoms with Gasteiger partial charge in [0.25, 0.3) is 0 Å². The van der Waals surface area contributed by atoms with Gasteiger partial charge < -0.3 is 19.9 Å². The van der Waals surface area contributed by atoms with Gasteiger partial charge in [0.2, 0.25) is 0 Å². The lowest BCUT2D eigenvalue weighted by Gasteiger charge is -2.22. The lowest BCUT2D eigenvalue weighted by atomic mass is 9.97. The minimum absolute atomic E-state index is 0.149. The Morgan fingerprint density at radius 2 is 2.04 bits per heavy atom. The maximum absolute atomic E-state index is 11.7. The van der Waals surface area contributed by atoms with Crippen LogP contribution in [-0.4, -0.2) is 37.1 Å². The van der Waals surface area contributed by atoms with E-state index in [1.54, 1.807) is 6.08 Å². The number of hydrogen-bond acceptors (Lipinski definition) is 4. The number of aliphatic hydroxyl groups is 1. The molecule has 0 aromatic heterocycles. The van der Waals surface area contributed by atoms with Gasteiger partial charge in [-0.1, -0.05) is 49.4 Å². The number of methoxy groups -OCH3 is 1. The topological polar surface area (TPSA) is 67.8 Å². The zero-order chi connectivity index (χ0) is 17.9. The number of alkyl carbamates (subject to hydrolysis) is 1. The number of carbonyl (C=O) groups excluding carboxylic acids is 1.